The number of nitrogens with zero attached hydrogens (tertiary/aromatic N) is 1. The highest BCUT2D eigenvalue weighted by Crippen LogP contribution is 2.48. The van der Waals surface area contributed by atoms with E-state index in [2.05, 4.69) is 5.16 Å². The quantitative estimate of drug-likeness (QED) is 0.224. The van der Waals surface area contributed by atoms with Crippen molar-refractivity contribution >= 4 is 5.84 Å². The van der Waals surface area contributed by atoms with Crippen LogP contribution in [0.2, 0.25) is 0 Å². The second kappa shape index (κ2) is 5.69. The number of hydrogen-bond acceptors (Lipinski definition) is 4. The van der Waals surface area contributed by atoms with E-state index in [1.807, 2.05) is 13.8 Å². The topological polar surface area (TPSA) is 77.1 Å². The van der Waals surface area contributed by atoms with E-state index < -0.39 is 0 Å². The summed E-state index contributed by atoms with van der Waals surface area (Å²) in [5, 5.41) is 11.6. The van der Waals surface area contributed by atoms with Crippen molar-refractivity contribution in [3.63, 3.8) is 0 Å². The normalized spacial score (nSPS) is 19.4. The molecule has 0 atom stereocenters. The van der Waals surface area contributed by atoms with Crippen LogP contribution in [0.5, 0.6) is 0 Å². The number of methoxy groups -OCH3 is 1. The fourth-order valence-corrected chi connectivity index (χ4v) is 1.68. The van der Waals surface area contributed by atoms with Crippen molar-refractivity contribution in [3.05, 3.63) is 0 Å². The van der Waals surface area contributed by atoms with Gasteiger partial charge >= 0.3 is 0 Å². The van der Waals surface area contributed by atoms with E-state index in [4.69, 9.17) is 20.4 Å². The molecule has 1 aliphatic rings. The van der Waals surface area contributed by atoms with Crippen LogP contribution in [0.25, 0.3) is 0 Å². The molecule has 5 heteroatoms. The van der Waals surface area contributed by atoms with Crippen LogP contribution in [0.3, 0.4) is 0 Å². The number of rotatable bonds is 8. The summed E-state index contributed by atoms with van der Waals surface area (Å²) < 4.78 is 11.0. The minimum Gasteiger partial charge on any atom is -0.409 e. The van der Waals surface area contributed by atoms with Crippen LogP contribution < -0.4 is 5.73 Å². The summed E-state index contributed by atoms with van der Waals surface area (Å²) in [5.41, 5.74) is 5.50. The predicted octanol–water partition coefficient (Wildman–Crippen LogP) is 1.73. The largest absolute Gasteiger partial charge is 0.409 e. The van der Waals surface area contributed by atoms with Crippen molar-refractivity contribution in [1.82, 2.24) is 0 Å². The lowest BCUT2D eigenvalue weighted by Crippen LogP contribution is -2.26. The van der Waals surface area contributed by atoms with Crippen LogP contribution in [-0.4, -0.2) is 37.0 Å². The first kappa shape index (κ1) is 14.3. The van der Waals surface area contributed by atoms with Gasteiger partial charge in [0, 0.05) is 25.6 Å². The molecular formula is C12H24N2O3. The van der Waals surface area contributed by atoms with Crippen LogP contribution in [0.4, 0.5) is 0 Å². The summed E-state index contributed by atoms with van der Waals surface area (Å²) in [4.78, 5) is 0. The van der Waals surface area contributed by atoms with Crippen molar-refractivity contribution in [3.8, 4) is 0 Å². The van der Waals surface area contributed by atoms with Gasteiger partial charge in [0.1, 0.15) is 5.84 Å². The van der Waals surface area contributed by atoms with Gasteiger partial charge in [-0.25, -0.2) is 0 Å². The highest BCUT2D eigenvalue weighted by atomic mass is 16.5. The van der Waals surface area contributed by atoms with Crippen LogP contribution in [0.1, 0.15) is 39.5 Å². The van der Waals surface area contributed by atoms with Crippen molar-refractivity contribution < 1.29 is 14.7 Å². The molecule has 100 valence electrons. The Kier molecular flexibility index (Phi) is 4.77. The summed E-state index contributed by atoms with van der Waals surface area (Å²) in [6.07, 6.45) is 3.67. The summed E-state index contributed by atoms with van der Waals surface area (Å²) >= 11 is 0. The smallest absolute Gasteiger partial charge is 0.139 e. The van der Waals surface area contributed by atoms with Gasteiger partial charge in [-0.15, -0.1) is 0 Å². The SMILES string of the molecule is COC(C)(C)CCOCC1(CC(N)=NO)CC1. The minimum absolute atomic E-state index is 0.119. The van der Waals surface area contributed by atoms with Crippen molar-refractivity contribution in [2.45, 2.75) is 45.1 Å². The van der Waals surface area contributed by atoms with E-state index in [9.17, 15) is 0 Å². The molecule has 0 aromatic rings. The Labute approximate surface area is 103 Å². The third kappa shape index (κ3) is 4.91. The molecule has 0 heterocycles. The Morgan fingerprint density at radius 3 is 2.59 bits per heavy atom. The van der Waals surface area contributed by atoms with Crippen LogP contribution in [0, 0.1) is 5.41 Å². The lowest BCUT2D eigenvalue weighted by molar-refractivity contribution is -0.0156. The van der Waals surface area contributed by atoms with Crippen LogP contribution >= 0.6 is 0 Å². The minimum atomic E-state index is -0.137. The molecule has 1 aliphatic carbocycles. The van der Waals surface area contributed by atoms with E-state index in [1.165, 1.54) is 0 Å². The van der Waals surface area contributed by atoms with Gasteiger partial charge in [0.25, 0.3) is 0 Å². The molecule has 1 saturated carbocycles. The Morgan fingerprint density at radius 1 is 1.47 bits per heavy atom. The molecule has 1 fully saturated rings. The summed E-state index contributed by atoms with van der Waals surface area (Å²) in [5.74, 6) is 0.295. The maximum atomic E-state index is 8.54. The van der Waals surface area contributed by atoms with Gasteiger partial charge in [-0.1, -0.05) is 5.16 Å². The average molecular weight is 244 g/mol. The molecule has 1 rings (SSSR count). The van der Waals surface area contributed by atoms with Gasteiger partial charge in [0.15, 0.2) is 0 Å². The number of ether oxygens (including phenoxy) is 2. The number of oxime groups is 1. The van der Waals surface area contributed by atoms with Gasteiger partial charge in [-0.05, 0) is 33.1 Å². The Bertz CT molecular complexity index is 273. The monoisotopic (exact) mass is 244 g/mol. The second-order valence-electron chi connectivity index (χ2n) is 5.53. The van der Waals surface area contributed by atoms with E-state index in [0.717, 1.165) is 19.3 Å². The lowest BCUT2D eigenvalue weighted by Gasteiger charge is -2.23. The van der Waals surface area contributed by atoms with E-state index in [1.54, 1.807) is 7.11 Å². The molecule has 0 bridgehead atoms. The Balaban J connectivity index is 2.19. The third-order valence-electron chi connectivity index (χ3n) is 3.45. The highest BCUT2D eigenvalue weighted by Gasteiger charge is 2.43. The Hall–Kier alpha value is -0.810. The van der Waals surface area contributed by atoms with Gasteiger partial charge < -0.3 is 20.4 Å². The zero-order chi connectivity index (χ0) is 12.9. The van der Waals surface area contributed by atoms with Crippen molar-refractivity contribution in [2.75, 3.05) is 20.3 Å². The number of hydrogen-bond donors (Lipinski definition) is 2. The highest BCUT2D eigenvalue weighted by molar-refractivity contribution is 5.80. The van der Waals surface area contributed by atoms with Crippen LogP contribution in [-0.2, 0) is 9.47 Å². The van der Waals surface area contributed by atoms with E-state index in [0.29, 0.717) is 25.5 Å². The van der Waals surface area contributed by atoms with Gasteiger partial charge in [0.2, 0.25) is 0 Å². The molecule has 0 aromatic heterocycles. The van der Waals surface area contributed by atoms with E-state index in [-0.39, 0.29) is 11.0 Å². The number of nitrogens with two attached hydrogens (primary N) is 1. The molecule has 5 nitrogen and oxygen atoms in total. The molecule has 0 spiro atoms. The average Bonchev–Trinajstić information content (AvgIpc) is 3.05. The molecule has 3 N–H and O–H groups in total. The Morgan fingerprint density at radius 2 is 2.12 bits per heavy atom. The fourth-order valence-electron chi connectivity index (χ4n) is 1.68. The predicted molar refractivity (Wildman–Crippen MR) is 66.2 cm³/mol. The molecule has 0 radical (unpaired) electrons. The van der Waals surface area contributed by atoms with Crippen LogP contribution in [0.15, 0.2) is 5.16 Å². The number of amidine groups is 1. The first-order chi connectivity index (χ1) is 7.93. The maximum absolute atomic E-state index is 8.54. The molecule has 0 aromatic carbocycles. The molecule has 0 unspecified atom stereocenters. The van der Waals surface area contributed by atoms with Crippen molar-refractivity contribution in [2.24, 2.45) is 16.3 Å². The van der Waals surface area contributed by atoms with Crippen molar-refractivity contribution in [1.29, 1.82) is 0 Å². The van der Waals surface area contributed by atoms with Gasteiger partial charge in [-0.2, -0.15) is 0 Å². The molecular weight excluding hydrogens is 220 g/mol. The molecule has 0 saturated heterocycles. The van der Waals surface area contributed by atoms with Gasteiger partial charge in [-0.3, -0.25) is 0 Å². The van der Waals surface area contributed by atoms with Gasteiger partial charge in [0.05, 0.1) is 12.2 Å². The zero-order valence-electron chi connectivity index (χ0n) is 11.0. The summed E-state index contributed by atoms with van der Waals surface area (Å²) in [6, 6.07) is 0. The third-order valence-corrected chi connectivity index (χ3v) is 3.45. The molecule has 0 amide bonds. The fraction of sp³-hybridized carbons (Fsp3) is 0.917. The van der Waals surface area contributed by atoms with E-state index >= 15 is 0 Å². The maximum Gasteiger partial charge on any atom is 0.139 e. The molecule has 0 aliphatic heterocycles. The second-order valence-corrected chi connectivity index (χ2v) is 5.53. The lowest BCUT2D eigenvalue weighted by atomic mass is 10.0. The summed E-state index contributed by atoms with van der Waals surface area (Å²) in [7, 11) is 1.71. The zero-order valence-corrected chi connectivity index (χ0v) is 11.0. The molecule has 17 heavy (non-hydrogen) atoms. The first-order valence-corrected chi connectivity index (χ1v) is 6.02. The standard InChI is InChI=1S/C12H24N2O3/c1-11(2,16-3)6-7-17-9-12(4-5-12)8-10(13)14-15/h15H,4-9H2,1-3H3,(H2,13,14). The summed E-state index contributed by atoms with van der Waals surface area (Å²) in [6.45, 7) is 5.45. The first-order valence-electron chi connectivity index (χ1n) is 6.02.